The van der Waals surface area contributed by atoms with E-state index in [9.17, 15) is 0 Å². The molecule has 0 amide bonds. The highest BCUT2D eigenvalue weighted by molar-refractivity contribution is 6.30. The fraction of sp³-hybridized carbons (Fsp3) is 0.538. The summed E-state index contributed by atoms with van der Waals surface area (Å²) in [5, 5.41) is 7.71. The predicted octanol–water partition coefficient (Wildman–Crippen LogP) is 1.64. The van der Waals surface area contributed by atoms with Crippen molar-refractivity contribution < 1.29 is 0 Å². The summed E-state index contributed by atoms with van der Waals surface area (Å²) in [5.74, 6) is 0. The van der Waals surface area contributed by atoms with Gasteiger partial charge in [-0.15, -0.1) is 0 Å². The van der Waals surface area contributed by atoms with Gasteiger partial charge in [-0.1, -0.05) is 17.7 Å². The van der Waals surface area contributed by atoms with E-state index in [0.717, 1.165) is 30.2 Å². The predicted molar refractivity (Wildman–Crippen MR) is 72.1 cm³/mol. The number of nitrogens with two attached hydrogens (primary N) is 1. The van der Waals surface area contributed by atoms with Gasteiger partial charge in [-0.05, 0) is 49.2 Å². The van der Waals surface area contributed by atoms with E-state index in [-0.39, 0.29) is 0 Å². The molecular formula is C13H20ClN3. The highest BCUT2D eigenvalue weighted by Crippen LogP contribution is 2.15. The molecule has 1 aliphatic rings. The summed E-state index contributed by atoms with van der Waals surface area (Å²) < 4.78 is 0. The van der Waals surface area contributed by atoms with Crippen molar-refractivity contribution in [3.8, 4) is 0 Å². The molecule has 0 unspecified atom stereocenters. The van der Waals surface area contributed by atoms with Crippen molar-refractivity contribution in [2.45, 2.75) is 32.0 Å². The molecule has 1 heterocycles. The van der Waals surface area contributed by atoms with Crippen LogP contribution < -0.4 is 16.4 Å². The second-order valence-electron chi connectivity index (χ2n) is 4.58. The summed E-state index contributed by atoms with van der Waals surface area (Å²) >= 11 is 6.06. The molecule has 4 heteroatoms. The molecule has 0 aliphatic carbocycles. The molecule has 0 spiro atoms. The minimum absolute atomic E-state index is 0.543. The number of hydrogen-bond donors (Lipinski definition) is 3. The molecule has 1 aromatic carbocycles. The van der Waals surface area contributed by atoms with Crippen LogP contribution in [0.25, 0.3) is 0 Å². The molecule has 0 atom stereocenters. The molecule has 2 rings (SSSR count). The first-order chi connectivity index (χ1) is 8.28. The van der Waals surface area contributed by atoms with Crippen LogP contribution in [0.2, 0.25) is 5.02 Å². The van der Waals surface area contributed by atoms with Gasteiger partial charge >= 0.3 is 0 Å². The molecule has 94 valence electrons. The monoisotopic (exact) mass is 253 g/mol. The van der Waals surface area contributed by atoms with Crippen LogP contribution in [0.4, 0.5) is 0 Å². The SMILES string of the molecule is NCc1cc(Cl)cc(CNC2CCNCC2)c1. The van der Waals surface area contributed by atoms with E-state index in [0.29, 0.717) is 12.6 Å². The summed E-state index contributed by atoms with van der Waals surface area (Å²) in [6, 6.07) is 6.68. The fourth-order valence-corrected chi connectivity index (χ4v) is 2.51. The Bertz CT molecular complexity index is 362. The lowest BCUT2D eigenvalue weighted by molar-refractivity contribution is 0.386. The van der Waals surface area contributed by atoms with Crippen molar-refractivity contribution in [3.63, 3.8) is 0 Å². The third kappa shape index (κ3) is 3.96. The van der Waals surface area contributed by atoms with Gasteiger partial charge in [0.25, 0.3) is 0 Å². The summed E-state index contributed by atoms with van der Waals surface area (Å²) in [6.07, 6.45) is 2.40. The van der Waals surface area contributed by atoms with Gasteiger partial charge in [0.1, 0.15) is 0 Å². The minimum atomic E-state index is 0.543. The van der Waals surface area contributed by atoms with Crippen LogP contribution in [-0.4, -0.2) is 19.1 Å². The zero-order valence-electron chi connectivity index (χ0n) is 10.0. The maximum atomic E-state index is 6.06. The van der Waals surface area contributed by atoms with E-state index in [1.54, 1.807) is 0 Å². The minimum Gasteiger partial charge on any atom is -0.326 e. The van der Waals surface area contributed by atoms with Gasteiger partial charge in [0.2, 0.25) is 0 Å². The van der Waals surface area contributed by atoms with Crippen molar-refractivity contribution >= 4 is 11.6 Å². The van der Waals surface area contributed by atoms with Gasteiger partial charge in [-0.25, -0.2) is 0 Å². The summed E-state index contributed by atoms with van der Waals surface area (Å²) in [7, 11) is 0. The topological polar surface area (TPSA) is 50.1 Å². The van der Waals surface area contributed by atoms with Crippen LogP contribution in [0, 0.1) is 0 Å². The quantitative estimate of drug-likeness (QED) is 0.765. The van der Waals surface area contributed by atoms with Crippen LogP contribution in [-0.2, 0) is 13.1 Å². The Labute approximate surface area is 108 Å². The average molecular weight is 254 g/mol. The van der Waals surface area contributed by atoms with Crippen LogP contribution in [0.1, 0.15) is 24.0 Å². The smallest absolute Gasteiger partial charge is 0.0412 e. The van der Waals surface area contributed by atoms with E-state index in [1.165, 1.54) is 18.4 Å². The number of halogens is 1. The molecule has 3 nitrogen and oxygen atoms in total. The van der Waals surface area contributed by atoms with E-state index in [2.05, 4.69) is 16.7 Å². The second kappa shape index (κ2) is 6.36. The summed E-state index contributed by atoms with van der Waals surface area (Å²) in [5.41, 5.74) is 7.96. The molecule has 0 bridgehead atoms. The van der Waals surface area contributed by atoms with Crippen molar-refractivity contribution in [1.82, 2.24) is 10.6 Å². The lowest BCUT2D eigenvalue weighted by Gasteiger charge is -2.24. The van der Waals surface area contributed by atoms with Crippen molar-refractivity contribution in [3.05, 3.63) is 34.3 Å². The van der Waals surface area contributed by atoms with E-state index in [1.807, 2.05) is 12.1 Å². The first-order valence-electron chi connectivity index (χ1n) is 6.20. The standard InChI is InChI=1S/C13H20ClN3/c14-12-6-10(8-15)5-11(7-12)9-17-13-1-3-16-4-2-13/h5-7,13,16-17H,1-4,8-9,15H2. The summed E-state index contributed by atoms with van der Waals surface area (Å²) in [6.45, 7) is 3.64. The zero-order chi connectivity index (χ0) is 12.1. The van der Waals surface area contributed by atoms with Crippen LogP contribution in [0.15, 0.2) is 18.2 Å². The molecule has 1 saturated heterocycles. The van der Waals surface area contributed by atoms with Gasteiger partial charge in [0.05, 0.1) is 0 Å². The van der Waals surface area contributed by atoms with Crippen molar-refractivity contribution in [2.24, 2.45) is 5.73 Å². The highest BCUT2D eigenvalue weighted by atomic mass is 35.5. The van der Waals surface area contributed by atoms with Gasteiger partial charge in [-0.2, -0.15) is 0 Å². The molecule has 17 heavy (non-hydrogen) atoms. The first kappa shape index (κ1) is 12.8. The molecule has 1 fully saturated rings. The van der Waals surface area contributed by atoms with Crippen LogP contribution in [0.5, 0.6) is 0 Å². The number of hydrogen-bond acceptors (Lipinski definition) is 3. The highest BCUT2D eigenvalue weighted by Gasteiger charge is 2.11. The molecule has 0 aromatic heterocycles. The molecule has 0 saturated carbocycles. The largest absolute Gasteiger partial charge is 0.326 e. The molecular weight excluding hydrogens is 234 g/mol. The number of piperidine rings is 1. The third-order valence-electron chi connectivity index (χ3n) is 3.19. The average Bonchev–Trinajstić information content (AvgIpc) is 2.37. The van der Waals surface area contributed by atoms with Crippen molar-refractivity contribution in [1.29, 1.82) is 0 Å². The van der Waals surface area contributed by atoms with Gasteiger partial charge in [0.15, 0.2) is 0 Å². The fourth-order valence-electron chi connectivity index (χ4n) is 2.23. The summed E-state index contributed by atoms with van der Waals surface area (Å²) in [4.78, 5) is 0. The lowest BCUT2D eigenvalue weighted by Crippen LogP contribution is -2.39. The number of benzene rings is 1. The van der Waals surface area contributed by atoms with Gasteiger partial charge < -0.3 is 16.4 Å². The Morgan fingerprint density at radius 3 is 2.65 bits per heavy atom. The maximum Gasteiger partial charge on any atom is 0.0412 e. The molecule has 0 radical (unpaired) electrons. The van der Waals surface area contributed by atoms with Crippen molar-refractivity contribution in [2.75, 3.05) is 13.1 Å². The Morgan fingerprint density at radius 2 is 1.94 bits per heavy atom. The molecule has 1 aliphatic heterocycles. The normalized spacial score (nSPS) is 17.3. The second-order valence-corrected chi connectivity index (χ2v) is 5.01. The van der Waals surface area contributed by atoms with Gasteiger partial charge in [-0.3, -0.25) is 0 Å². The van der Waals surface area contributed by atoms with Crippen LogP contribution >= 0.6 is 11.6 Å². The van der Waals surface area contributed by atoms with E-state index >= 15 is 0 Å². The zero-order valence-corrected chi connectivity index (χ0v) is 10.8. The third-order valence-corrected chi connectivity index (χ3v) is 3.41. The van der Waals surface area contributed by atoms with E-state index in [4.69, 9.17) is 17.3 Å². The van der Waals surface area contributed by atoms with Gasteiger partial charge in [0, 0.05) is 24.2 Å². The lowest BCUT2D eigenvalue weighted by atomic mass is 10.1. The number of nitrogens with one attached hydrogen (secondary N) is 2. The molecule has 4 N–H and O–H groups in total. The Morgan fingerprint density at radius 1 is 1.24 bits per heavy atom. The van der Waals surface area contributed by atoms with E-state index < -0.39 is 0 Å². The Kier molecular flexibility index (Phi) is 4.80. The van der Waals surface area contributed by atoms with Crippen LogP contribution in [0.3, 0.4) is 0 Å². The number of rotatable bonds is 4. The Hall–Kier alpha value is -0.610. The Balaban J connectivity index is 1.91. The first-order valence-corrected chi connectivity index (χ1v) is 6.58. The molecule has 1 aromatic rings. The maximum absolute atomic E-state index is 6.06.